The van der Waals surface area contributed by atoms with E-state index in [1.54, 1.807) is 7.11 Å². The van der Waals surface area contributed by atoms with Crippen molar-refractivity contribution in [3.05, 3.63) is 21.6 Å². The highest BCUT2D eigenvalue weighted by molar-refractivity contribution is 5.31. The van der Waals surface area contributed by atoms with Gasteiger partial charge in [0, 0.05) is 25.8 Å². The summed E-state index contributed by atoms with van der Waals surface area (Å²) in [6.07, 6.45) is 3.73. The number of nitrogens with one attached hydrogen (secondary N) is 2. The number of fused-ring (bicyclic) bond motifs is 1. The van der Waals surface area contributed by atoms with Gasteiger partial charge in [-0.25, -0.2) is 4.98 Å². The lowest BCUT2D eigenvalue weighted by molar-refractivity contribution is 0.197. The molecule has 1 aliphatic rings. The van der Waals surface area contributed by atoms with Crippen LogP contribution in [0.5, 0.6) is 0 Å². The maximum atomic E-state index is 11.7. The molecule has 0 unspecified atom stereocenters. The number of rotatable bonds is 5. The third-order valence-electron chi connectivity index (χ3n) is 2.76. The van der Waals surface area contributed by atoms with Gasteiger partial charge in [0.2, 0.25) is 5.95 Å². The summed E-state index contributed by atoms with van der Waals surface area (Å²) < 4.78 is 4.95. The van der Waals surface area contributed by atoms with Crippen LogP contribution in [0, 0.1) is 0 Å². The van der Waals surface area contributed by atoms with Crippen LogP contribution in [0.15, 0.2) is 4.79 Å². The summed E-state index contributed by atoms with van der Waals surface area (Å²) in [5.74, 6) is 0.585. The first-order chi connectivity index (χ1) is 7.81. The van der Waals surface area contributed by atoms with Gasteiger partial charge in [0.15, 0.2) is 0 Å². The molecule has 0 aromatic carbocycles. The minimum Gasteiger partial charge on any atom is -0.385 e. The second-order valence-electron chi connectivity index (χ2n) is 3.97. The monoisotopic (exact) mass is 223 g/mol. The van der Waals surface area contributed by atoms with Gasteiger partial charge in [-0.05, 0) is 25.7 Å². The zero-order chi connectivity index (χ0) is 11.4. The van der Waals surface area contributed by atoms with Gasteiger partial charge in [-0.1, -0.05) is 0 Å². The number of anilines is 1. The van der Waals surface area contributed by atoms with Gasteiger partial charge in [-0.15, -0.1) is 0 Å². The molecule has 0 saturated heterocycles. The number of aryl methyl sites for hydroxylation is 1. The van der Waals surface area contributed by atoms with E-state index in [1.807, 2.05) is 0 Å². The van der Waals surface area contributed by atoms with Crippen molar-refractivity contribution in [3.63, 3.8) is 0 Å². The fourth-order valence-electron chi connectivity index (χ4n) is 1.95. The molecule has 2 rings (SSSR count). The maximum Gasteiger partial charge on any atom is 0.255 e. The van der Waals surface area contributed by atoms with Gasteiger partial charge in [-0.3, -0.25) is 9.78 Å². The fourth-order valence-corrected chi connectivity index (χ4v) is 1.95. The molecule has 0 aliphatic heterocycles. The topological polar surface area (TPSA) is 67.0 Å². The summed E-state index contributed by atoms with van der Waals surface area (Å²) >= 11 is 0. The SMILES string of the molecule is COCCCNc1nc2c(c(=O)[nH]1)CCC2. The molecule has 1 heterocycles. The van der Waals surface area contributed by atoms with E-state index in [0.717, 1.165) is 43.5 Å². The minimum absolute atomic E-state index is 0.0109. The van der Waals surface area contributed by atoms with E-state index in [9.17, 15) is 4.79 Å². The Hall–Kier alpha value is -1.36. The largest absolute Gasteiger partial charge is 0.385 e. The third kappa shape index (κ3) is 2.41. The summed E-state index contributed by atoms with van der Waals surface area (Å²) in [7, 11) is 1.68. The Kier molecular flexibility index (Phi) is 3.56. The van der Waals surface area contributed by atoms with E-state index in [1.165, 1.54) is 0 Å². The molecule has 0 atom stereocenters. The van der Waals surface area contributed by atoms with Crippen LogP contribution in [0.3, 0.4) is 0 Å². The Labute approximate surface area is 94.2 Å². The van der Waals surface area contributed by atoms with Gasteiger partial charge in [0.1, 0.15) is 0 Å². The quantitative estimate of drug-likeness (QED) is 0.721. The van der Waals surface area contributed by atoms with Crippen LogP contribution >= 0.6 is 0 Å². The highest BCUT2D eigenvalue weighted by Gasteiger charge is 2.16. The number of hydrogen-bond acceptors (Lipinski definition) is 4. The van der Waals surface area contributed by atoms with Crippen molar-refractivity contribution < 1.29 is 4.74 Å². The molecule has 1 aromatic rings. The molecule has 0 spiro atoms. The second kappa shape index (κ2) is 5.12. The van der Waals surface area contributed by atoms with Crippen molar-refractivity contribution in [2.24, 2.45) is 0 Å². The predicted molar refractivity (Wildman–Crippen MR) is 61.9 cm³/mol. The lowest BCUT2D eigenvalue weighted by Crippen LogP contribution is -2.18. The van der Waals surface area contributed by atoms with Crippen molar-refractivity contribution in [1.82, 2.24) is 9.97 Å². The van der Waals surface area contributed by atoms with E-state index < -0.39 is 0 Å². The lowest BCUT2D eigenvalue weighted by atomic mass is 10.3. The normalized spacial score (nSPS) is 13.8. The number of H-pyrrole nitrogens is 1. The first-order valence-electron chi connectivity index (χ1n) is 5.66. The van der Waals surface area contributed by atoms with Crippen LogP contribution in [0.4, 0.5) is 5.95 Å². The van der Waals surface area contributed by atoms with Crippen LogP contribution in [-0.2, 0) is 17.6 Å². The van der Waals surface area contributed by atoms with Crippen LogP contribution in [0.2, 0.25) is 0 Å². The van der Waals surface area contributed by atoms with Crippen molar-refractivity contribution >= 4 is 5.95 Å². The van der Waals surface area contributed by atoms with E-state index in [4.69, 9.17) is 4.74 Å². The molecule has 88 valence electrons. The summed E-state index contributed by atoms with van der Waals surface area (Å²) in [4.78, 5) is 18.8. The molecule has 16 heavy (non-hydrogen) atoms. The van der Waals surface area contributed by atoms with Crippen LogP contribution < -0.4 is 10.9 Å². The van der Waals surface area contributed by atoms with Crippen molar-refractivity contribution in [3.8, 4) is 0 Å². The molecule has 0 amide bonds. The zero-order valence-corrected chi connectivity index (χ0v) is 9.51. The number of hydrogen-bond donors (Lipinski definition) is 2. The van der Waals surface area contributed by atoms with Gasteiger partial charge in [0.05, 0.1) is 5.69 Å². The second-order valence-corrected chi connectivity index (χ2v) is 3.97. The standard InChI is InChI=1S/C11H17N3O2/c1-16-7-3-6-12-11-13-9-5-2-4-8(9)10(15)14-11/h2-7H2,1H3,(H2,12,13,14,15). The molecule has 0 bridgehead atoms. The molecular formula is C11H17N3O2. The first kappa shape index (κ1) is 11.1. The van der Waals surface area contributed by atoms with Gasteiger partial charge in [0.25, 0.3) is 5.56 Å². The molecular weight excluding hydrogens is 206 g/mol. The average Bonchev–Trinajstić information content (AvgIpc) is 2.73. The summed E-state index contributed by atoms with van der Waals surface area (Å²) in [5, 5.41) is 3.10. The Bertz CT molecular complexity index is 414. The van der Waals surface area contributed by atoms with Gasteiger partial charge < -0.3 is 10.1 Å². The average molecular weight is 223 g/mol. The molecule has 5 nitrogen and oxygen atoms in total. The molecule has 2 N–H and O–H groups in total. The molecule has 1 aliphatic carbocycles. The first-order valence-corrected chi connectivity index (χ1v) is 5.66. The zero-order valence-electron chi connectivity index (χ0n) is 9.51. The number of aromatic nitrogens is 2. The smallest absolute Gasteiger partial charge is 0.255 e. The number of aromatic amines is 1. The number of ether oxygens (including phenoxy) is 1. The number of methoxy groups -OCH3 is 1. The van der Waals surface area contributed by atoms with Crippen molar-refractivity contribution in [1.29, 1.82) is 0 Å². The van der Waals surface area contributed by atoms with E-state index in [2.05, 4.69) is 15.3 Å². The van der Waals surface area contributed by atoms with Crippen molar-refractivity contribution in [2.75, 3.05) is 25.6 Å². The van der Waals surface area contributed by atoms with Crippen molar-refractivity contribution in [2.45, 2.75) is 25.7 Å². The van der Waals surface area contributed by atoms with E-state index >= 15 is 0 Å². The minimum atomic E-state index is 0.0109. The maximum absolute atomic E-state index is 11.7. The lowest BCUT2D eigenvalue weighted by Gasteiger charge is -2.06. The molecule has 0 fully saturated rings. The Morgan fingerprint density at radius 1 is 1.50 bits per heavy atom. The molecule has 1 aromatic heterocycles. The van der Waals surface area contributed by atoms with E-state index in [-0.39, 0.29) is 5.56 Å². The highest BCUT2D eigenvalue weighted by atomic mass is 16.5. The summed E-state index contributed by atoms with van der Waals surface area (Å²) in [6.45, 7) is 1.47. The Morgan fingerprint density at radius 3 is 3.19 bits per heavy atom. The van der Waals surface area contributed by atoms with Gasteiger partial charge >= 0.3 is 0 Å². The highest BCUT2D eigenvalue weighted by Crippen LogP contribution is 2.16. The third-order valence-corrected chi connectivity index (χ3v) is 2.76. The number of nitrogens with zero attached hydrogens (tertiary/aromatic N) is 1. The Balaban J connectivity index is 2.00. The van der Waals surface area contributed by atoms with Crippen LogP contribution in [0.25, 0.3) is 0 Å². The molecule has 0 saturated carbocycles. The van der Waals surface area contributed by atoms with Crippen LogP contribution in [-0.4, -0.2) is 30.2 Å². The fraction of sp³-hybridized carbons (Fsp3) is 0.636. The summed E-state index contributed by atoms with van der Waals surface area (Å²) in [6, 6.07) is 0. The van der Waals surface area contributed by atoms with E-state index in [0.29, 0.717) is 12.6 Å². The Morgan fingerprint density at radius 2 is 2.38 bits per heavy atom. The van der Waals surface area contributed by atoms with Crippen LogP contribution in [0.1, 0.15) is 24.1 Å². The molecule has 5 heteroatoms. The summed E-state index contributed by atoms with van der Waals surface area (Å²) in [5.41, 5.74) is 1.83. The predicted octanol–water partition coefficient (Wildman–Crippen LogP) is 0.707. The molecule has 0 radical (unpaired) electrons. The van der Waals surface area contributed by atoms with Gasteiger partial charge in [-0.2, -0.15) is 0 Å².